The van der Waals surface area contributed by atoms with Crippen molar-refractivity contribution in [3.05, 3.63) is 66.2 Å². The van der Waals surface area contributed by atoms with Crippen molar-refractivity contribution < 1.29 is 0 Å². The molecule has 0 atom stereocenters. The van der Waals surface area contributed by atoms with Gasteiger partial charge in [0.05, 0.1) is 0 Å². The van der Waals surface area contributed by atoms with E-state index in [2.05, 4.69) is 33.6 Å². The van der Waals surface area contributed by atoms with Crippen LogP contribution in [-0.4, -0.2) is 22.5 Å². The van der Waals surface area contributed by atoms with E-state index < -0.39 is 0 Å². The maximum atomic E-state index is 5.20. The van der Waals surface area contributed by atoms with Gasteiger partial charge >= 0.3 is 0 Å². The average Bonchev–Trinajstić information content (AvgIpc) is 2.63. The molecule has 0 saturated carbocycles. The van der Waals surface area contributed by atoms with Gasteiger partial charge in [0.25, 0.3) is 0 Å². The Bertz CT molecular complexity index is 635. The molecule has 0 aliphatic rings. The second-order valence-corrected chi connectivity index (χ2v) is 6.82. The number of rotatable bonds is 6. The first-order valence-electron chi connectivity index (χ1n) is 7.53. The van der Waals surface area contributed by atoms with Crippen LogP contribution in [0.2, 0.25) is 0 Å². The van der Waals surface area contributed by atoms with Gasteiger partial charge < -0.3 is 10.6 Å². The lowest BCUT2D eigenvalue weighted by atomic mass is 10.2. The van der Waals surface area contributed by atoms with Gasteiger partial charge in [-0.05, 0) is 42.1 Å². The number of thioether (sulfide) groups is 1. The van der Waals surface area contributed by atoms with E-state index >= 15 is 0 Å². The molecule has 0 fully saturated rings. The van der Waals surface area contributed by atoms with Crippen LogP contribution in [0.3, 0.4) is 0 Å². The first-order valence-corrected chi connectivity index (χ1v) is 9.34. The standard InChI is InChI=1S/C17H20N4S3/c22-16(18-11-12-24-15-9-5-2-6-10-15)20-21-17(23)19-13-14-7-3-1-4-8-14/h1-10H,11-13H2,(H2,18,20,22)(H2,19,21,23). The summed E-state index contributed by atoms with van der Waals surface area (Å²) >= 11 is 12.2. The SMILES string of the molecule is S=C(NCCSc1ccccc1)NNC(=S)NCc1ccccc1. The first kappa shape index (κ1) is 18.5. The van der Waals surface area contributed by atoms with Gasteiger partial charge in [-0.2, -0.15) is 0 Å². The maximum Gasteiger partial charge on any atom is 0.185 e. The fourth-order valence-electron chi connectivity index (χ4n) is 1.83. The highest BCUT2D eigenvalue weighted by Crippen LogP contribution is 2.15. The lowest BCUT2D eigenvalue weighted by Gasteiger charge is -2.14. The fraction of sp³-hybridized carbons (Fsp3) is 0.176. The summed E-state index contributed by atoms with van der Waals surface area (Å²) in [6.07, 6.45) is 0. The molecule has 0 saturated heterocycles. The van der Waals surface area contributed by atoms with E-state index in [-0.39, 0.29) is 0 Å². The molecule has 2 aromatic carbocycles. The molecule has 0 aromatic heterocycles. The van der Waals surface area contributed by atoms with Gasteiger partial charge in [0, 0.05) is 23.7 Å². The quantitative estimate of drug-likeness (QED) is 0.268. The van der Waals surface area contributed by atoms with Crippen LogP contribution in [0.15, 0.2) is 65.6 Å². The molecule has 4 nitrogen and oxygen atoms in total. The van der Waals surface area contributed by atoms with Gasteiger partial charge in [-0.1, -0.05) is 48.5 Å². The van der Waals surface area contributed by atoms with Crippen LogP contribution in [0.4, 0.5) is 0 Å². The van der Waals surface area contributed by atoms with Crippen molar-refractivity contribution in [2.45, 2.75) is 11.4 Å². The predicted octanol–water partition coefficient (Wildman–Crippen LogP) is 2.82. The van der Waals surface area contributed by atoms with Crippen molar-refractivity contribution in [1.82, 2.24) is 21.5 Å². The molecule has 0 spiro atoms. The summed E-state index contributed by atoms with van der Waals surface area (Å²) in [4.78, 5) is 1.25. The molecule has 24 heavy (non-hydrogen) atoms. The Hall–Kier alpha value is -1.83. The zero-order valence-corrected chi connectivity index (χ0v) is 15.6. The molecular weight excluding hydrogens is 356 g/mol. The normalized spacial score (nSPS) is 9.83. The van der Waals surface area contributed by atoms with E-state index in [4.69, 9.17) is 24.4 Å². The van der Waals surface area contributed by atoms with E-state index in [1.165, 1.54) is 10.5 Å². The average molecular weight is 377 g/mol. The molecule has 0 amide bonds. The van der Waals surface area contributed by atoms with E-state index in [1.54, 1.807) is 11.8 Å². The maximum absolute atomic E-state index is 5.20. The van der Waals surface area contributed by atoms with Crippen LogP contribution in [0, 0.1) is 0 Å². The molecular formula is C17H20N4S3. The second-order valence-electron chi connectivity index (χ2n) is 4.84. The molecule has 0 aliphatic heterocycles. The molecule has 4 N–H and O–H groups in total. The lowest BCUT2D eigenvalue weighted by Crippen LogP contribution is -2.50. The highest BCUT2D eigenvalue weighted by atomic mass is 32.2. The Morgan fingerprint density at radius 2 is 1.38 bits per heavy atom. The fourth-order valence-corrected chi connectivity index (χ4v) is 2.90. The summed E-state index contributed by atoms with van der Waals surface area (Å²) in [5.41, 5.74) is 6.91. The zero-order valence-electron chi connectivity index (χ0n) is 13.1. The number of hydrazine groups is 1. The molecule has 0 unspecified atom stereocenters. The molecule has 2 rings (SSSR count). The topological polar surface area (TPSA) is 48.1 Å². The van der Waals surface area contributed by atoms with Crippen molar-refractivity contribution in [2.75, 3.05) is 12.3 Å². The number of thiocarbonyl (C=S) groups is 2. The smallest absolute Gasteiger partial charge is 0.185 e. The van der Waals surface area contributed by atoms with E-state index in [0.29, 0.717) is 16.8 Å². The Morgan fingerprint density at radius 3 is 2.04 bits per heavy atom. The zero-order chi connectivity index (χ0) is 17.0. The highest BCUT2D eigenvalue weighted by Gasteiger charge is 1.98. The summed E-state index contributed by atoms with van der Waals surface area (Å²) in [6.45, 7) is 1.44. The summed E-state index contributed by atoms with van der Waals surface area (Å²) in [6, 6.07) is 20.4. The van der Waals surface area contributed by atoms with Crippen molar-refractivity contribution >= 4 is 46.4 Å². The van der Waals surface area contributed by atoms with Gasteiger partial charge in [-0.25, -0.2) is 0 Å². The molecule has 2 aromatic rings. The Labute approximate surface area is 157 Å². The van der Waals surface area contributed by atoms with Gasteiger partial charge in [0.15, 0.2) is 10.2 Å². The van der Waals surface area contributed by atoms with Crippen LogP contribution in [0.1, 0.15) is 5.56 Å². The van der Waals surface area contributed by atoms with Crippen LogP contribution >= 0.6 is 36.2 Å². The Kier molecular flexibility index (Phi) is 8.37. The third-order valence-electron chi connectivity index (χ3n) is 2.99. The first-order chi connectivity index (χ1) is 11.7. The van der Waals surface area contributed by atoms with Gasteiger partial charge in [-0.15, -0.1) is 11.8 Å². The lowest BCUT2D eigenvalue weighted by molar-refractivity contribution is 0.783. The number of benzene rings is 2. The van der Waals surface area contributed by atoms with Crippen LogP contribution in [0.25, 0.3) is 0 Å². The van der Waals surface area contributed by atoms with Crippen molar-refractivity contribution in [3.63, 3.8) is 0 Å². The Morgan fingerprint density at radius 1 is 0.792 bits per heavy atom. The largest absolute Gasteiger partial charge is 0.361 e. The molecule has 126 valence electrons. The molecule has 0 radical (unpaired) electrons. The number of nitrogens with one attached hydrogen (secondary N) is 4. The third-order valence-corrected chi connectivity index (χ3v) is 4.49. The monoisotopic (exact) mass is 376 g/mol. The van der Waals surface area contributed by atoms with Crippen molar-refractivity contribution in [2.24, 2.45) is 0 Å². The number of hydrogen-bond acceptors (Lipinski definition) is 3. The van der Waals surface area contributed by atoms with E-state index in [9.17, 15) is 0 Å². The molecule has 7 heteroatoms. The summed E-state index contributed by atoms with van der Waals surface area (Å²) in [7, 11) is 0. The van der Waals surface area contributed by atoms with Crippen LogP contribution < -0.4 is 21.5 Å². The second kappa shape index (κ2) is 10.9. The summed E-state index contributed by atoms with van der Waals surface area (Å²) in [5, 5.41) is 7.26. The van der Waals surface area contributed by atoms with Gasteiger partial charge in [0.1, 0.15) is 0 Å². The van der Waals surface area contributed by atoms with Gasteiger partial charge in [-0.3, -0.25) is 10.9 Å². The minimum Gasteiger partial charge on any atom is -0.361 e. The van der Waals surface area contributed by atoms with Crippen molar-refractivity contribution in [3.8, 4) is 0 Å². The summed E-state index contributed by atoms with van der Waals surface area (Å²) in [5.74, 6) is 0.933. The van der Waals surface area contributed by atoms with E-state index in [0.717, 1.165) is 12.3 Å². The van der Waals surface area contributed by atoms with Gasteiger partial charge in [0.2, 0.25) is 0 Å². The van der Waals surface area contributed by atoms with Crippen LogP contribution in [0.5, 0.6) is 0 Å². The molecule has 0 aliphatic carbocycles. The highest BCUT2D eigenvalue weighted by molar-refractivity contribution is 7.99. The third kappa shape index (κ3) is 7.63. The summed E-state index contributed by atoms with van der Waals surface area (Å²) < 4.78 is 0. The molecule has 0 heterocycles. The minimum absolute atomic E-state index is 0.502. The Balaban J connectivity index is 1.53. The minimum atomic E-state index is 0.502. The molecule has 0 bridgehead atoms. The van der Waals surface area contributed by atoms with Crippen molar-refractivity contribution in [1.29, 1.82) is 0 Å². The number of hydrogen-bond donors (Lipinski definition) is 4. The predicted molar refractivity (Wildman–Crippen MR) is 110 cm³/mol. The van der Waals surface area contributed by atoms with E-state index in [1.807, 2.05) is 48.5 Å². The van der Waals surface area contributed by atoms with Crippen LogP contribution in [-0.2, 0) is 6.54 Å².